The van der Waals surface area contributed by atoms with E-state index < -0.39 is 0 Å². The van der Waals surface area contributed by atoms with Gasteiger partial charge < -0.3 is 15.4 Å². The number of hydrogen-bond donors (Lipinski definition) is 2. The Morgan fingerprint density at radius 1 is 1.46 bits per heavy atom. The van der Waals surface area contributed by atoms with E-state index in [2.05, 4.69) is 10.6 Å². The van der Waals surface area contributed by atoms with Crippen LogP contribution in [0.3, 0.4) is 0 Å². The van der Waals surface area contributed by atoms with Gasteiger partial charge in [0.05, 0.1) is 18.7 Å². The summed E-state index contributed by atoms with van der Waals surface area (Å²) in [7, 11) is 0. The van der Waals surface area contributed by atoms with Crippen LogP contribution in [0.25, 0.3) is 0 Å². The van der Waals surface area contributed by atoms with Gasteiger partial charge in [-0.1, -0.05) is 13.0 Å². The summed E-state index contributed by atoms with van der Waals surface area (Å²) in [5.41, 5.74) is 0.701. The fraction of sp³-hybridized carbons (Fsp3) is 0.389. The lowest BCUT2D eigenvalue weighted by Gasteiger charge is -2.21. The number of halogens is 1. The first-order valence-corrected chi connectivity index (χ1v) is 9.08. The lowest BCUT2D eigenvalue weighted by atomic mass is 10.0. The van der Waals surface area contributed by atoms with Crippen molar-refractivity contribution in [2.75, 3.05) is 6.61 Å². The first-order valence-electron chi connectivity index (χ1n) is 8.20. The van der Waals surface area contributed by atoms with Gasteiger partial charge in [0.1, 0.15) is 11.6 Å². The third-order valence-corrected chi connectivity index (χ3v) is 5.13. The van der Waals surface area contributed by atoms with Gasteiger partial charge >= 0.3 is 6.03 Å². The van der Waals surface area contributed by atoms with Gasteiger partial charge in [-0.25, -0.2) is 9.18 Å². The normalized spacial score (nSPS) is 18.0. The summed E-state index contributed by atoms with van der Waals surface area (Å²) in [4.78, 5) is 13.6. The Morgan fingerprint density at radius 2 is 2.33 bits per heavy atom. The van der Waals surface area contributed by atoms with Gasteiger partial charge in [0.25, 0.3) is 0 Å². The summed E-state index contributed by atoms with van der Waals surface area (Å²) in [6.07, 6.45) is 2.34. The van der Waals surface area contributed by atoms with E-state index in [4.69, 9.17) is 4.74 Å². The fourth-order valence-corrected chi connectivity index (χ4v) is 3.78. The van der Waals surface area contributed by atoms with E-state index in [1.807, 2.05) is 24.4 Å². The predicted molar refractivity (Wildman–Crippen MR) is 92.9 cm³/mol. The molecule has 2 atom stereocenters. The molecule has 1 aromatic carbocycles. The zero-order chi connectivity index (χ0) is 16.9. The van der Waals surface area contributed by atoms with E-state index in [-0.39, 0.29) is 23.9 Å². The molecule has 1 aliphatic rings. The Morgan fingerprint density at radius 3 is 3.08 bits per heavy atom. The second-order valence-electron chi connectivity index (χ2n) is 5.82. The number of amides is 2. The summed E-state index contributed by atoms with van der Waals surface area (Å²) >= 11 is 1.63. The van der Waals surface area contributed by atoms with Crippen LogP contribution in [-0.4, -0.2) is 12.6 Å². The minimum absolute atomic E-state index is 0.0148. The van der Waals surface area contributed by atoms with Gasteiger partial charge in [-0.2, -0.15) is 0 Å². The van der Waals surface area contributed by atoms with Crippen molar-refractivity contribution >= 4 is 17.4 Å². The average Bonchev–Trinajstić information content (AvgIpc) is 3.04. The number of carbonyl (C=O) groups is 1. The first-order chi connectivity index (χ1) is 11.7. The molecule has 2 heterocycles. The number of hydrogen-bond acceptors (Lipinski definition) is 3. The van der Waals surface area contributed by atoms with Gasteiger partial charge in [-0.05, 0) is 48.9 Å². The van der Waals surface area contributed by atoms with Gasteiger partial charge in [0, 0.05) is 10.4 Å². The molecule has 24 heavy (non-hydrogen) atoms. The molecule has 128 valence electrons. The highest BCUT2D eigenvalue weighted by molar-refractivity contribution is 7.10. The second-order valence-corrected chi connectivity index (χ2v) is 6.80. The summed E-state index contributed by atoms with van der Waals surface area (Å²) < 4.78 is 19.2. The zero-order valence-electron chi connectivity index (χ0n) is 13.5. The van der Waals surface area contributed by atoms with Crippen molar-refractivity contribution in [3.8, 4) is 5.75 Å². The van der Waals surface area contributed by atoms with Crippen LogP contribution in [-0.2, 0) is 0 Å². The van der Waals surface area contributed by atoms with Gasteiger partial charge in [0.15, 0.2) is 0 Å². The van der Waals surface area contributed by atoms with E-state index in [9.17, 15) is 9.18 Å². The summed E-state index contributed by atoms with van der Waals surface area (Å²) in [5.74, 6) is 0.320. The van der Waals surface area contributed by atoms with E-state index in [1.165, 1.54) is 12.1 Å². The zero-order valence-corrected chi connectivity index (χ0v) is 14.4. The van der Waals surface area contributed by atoms with Gasteiger partial charge in [0.2, 0.25) is 0 Å². The monoisotopic (exact) mass is 348 g/mol. The van der Waals surface area contributed by atoms with Crippen molar-refractivity contribution in [1.82, 2.24) is 10.6 Å². The number of ether oxygens (including phenoxy) is 1. The highest BCUT2D eigenvalue weighted by Gasteiger charge is 2.23. The Balaban J connectivity index is 1.71. The molecule has 1 aromatic heterocycles. The molecular weight excluding hydrogens is 327 g/mol. The number of benzene rings is 1. The third-order valence-electron chi connectivity index (χ3n) is 4.15. The van der Waals surface area contributed by atoms with E-state index in [0.717, 1.165) is 24.1 Å². The minimum atomic E-state index is -0.323. The van der Waals surface area contributed by atoms with Crippen molar-refractivity contribution in [2.45, 2.75) is 38.3 Å². The van der Waals surface area contributed by atoms with Gasteiger partial charge in [-0.3, -0.25) is 0 Å². The number of nitrogens with one attached hydrogen (secondary N) is 2. The second kappa shape index (κ2) is 7.66. The minimum Gasteiger partial charge on any atom is -0.493 e. The maximum atomic E-state index is 13.6. The molecule has 0 aliphatic carbocycles. The molecule has 0 radical (unpaired) electrons. The Kier molecular flexibility index (Phi) is 5.35. The third kappa shape index (κ3) is 3.87. The number of fused-ring (bicyclic) bond motifs is 1. The standard InChI is InChI=1S/C18H21FN2O2S/c1-2-14(17-6-4-10-24-17)20-18(22)21-15-5-3-9-23-16-8-7-12(19)11-13(15)16/h4,6-8,10-11,14-15H,2-3,5,9H2,1H3,(H2,20,21,22)/t14-,15+/m0/s1. The molecule has 0 fully saturated rings. The number of thiophene rings is 1. The SMILES string of the molecule is CC[C@H](NC(=O)N[C@@H]1CCCOc2ccc(F)cc21)c1cccs1. The van der Waals surface area contributed by atoms with Crippen molar-refractivity contribution in [1.29, 1.82) is 0 Å². The quantitative estimate of drug-likeness (QED) is 0.851. The van der Waals surface area contributed by atoms with Crippen LogP contribution in [0.2, 0.25) is 0 Å². The first kappa shape index (κ1) is 16.8. The highest BCUT2D eigenvalue weighted by Crippen LogP contribution is 2.32. The number of rotatable bonds is 4. The molecule has 3 rings (SSSR count). The van der Waals surface area contributed by atoms with Crippen molar-refractivity contribution in [2.24, 2.45) is 0 Å². The predicted octanol–water partition coefficient (Wildman–Crippen LogP) is 4.55. The summed E-state index contributed by atoms with van der Waals surface area (Å²) in [6, 6.07) is 7.94. The molecular formula is C18H21FN2O2S. The van der Waals surface area contributed by atoms with Crippen LogP contribution in [0.5, 0.6) is 5.75 Å². The Hall–Kier alpha value is -2.08. The van der Waals surface area contributed by atoms with Crippen LogP contribution in [0.4, 0.5) is 9.18 Å². The van der Waals surface area contributed by atoms with Gasteiger partial charge in [-0.15, -0.1) is 11.3 Å². The highest BCUT2D eigenvalue weighted by atomic mass is 32.1. The van der Waals surface area contributed by atoms with Crippen LogP contribution >= 0.6 is 11.3 Å². The molecule has 6 heteroatoms. The van der Waals surface area contributed by atoms with Crippen LogP contribution in [0, 0.1) is 5.82 Å². The number of carbonyl (C=O) groups excluding carboxylic acids is 1. The largest absolute Gasteiger partial charge is 0.493 e. The van der Waals surface area contributed by atoms with Crippen LogP contribution in [0.15, 0.2) is 35.7 Å². The molecule has 2 amide bonds. The molecule has 0 saturated heterocycles. The van der Waals surface area contributed by atoms with Crippen molar-refractivity contribution < 1.29 is 13.9 Å². The molecule has 2 N–H and O–H groups in total. The molecule has 4 nitrogen and oxygen atoms in total. The fourth-order valence-electron chi connectivity index (χ4n) is 2.92. The molecule has 0 saturated carbocycles. The summed E-state index contributed by atoms with van der Waals surface area (Å²) in [6.45, 7) is 2.61. The van der Waals surface area contributed by atoms with Crippen molar-refractivity contribution in [3.05, 3.63) is 52.0 Å². The molecule has 1 aliphatic heterocycles. The Labute approximate surface area is 145 Å². The molecule has 0 spiro atoms. The maximum Gasteiger partial charge on any atom is 0.315 e. The van der Waals surface area contributed by atoms with Crippen LogP contribution < -0.4 is 15.4 Å². The van der Waals surface area contributed by atoms with E-state index in [1.54, 1.807) is 17.4 Å². The van der Waals surface area contributed by atoms with Crippen molar-refractivity contribution in [3.63, 3.8) is 0 Å². The molecule has 0 bridgehead atoms. The Bertz CT molecular complexity index is 690. The lowest BCUT2D eigenvalue weighted by molar-refractivity contribution is 0.232. The summed E-state index contributed by atoms with van der Waals surface area (Å²) in [5, 5.41) is 7.98. The van der Waals surface area contributed by atoms with E-state index >= 15 is 0 Å². The smallest absolute Gasteiger partial charge is 0.315 e. The average molecular weight is 348 g/mol. The molecule has 0 unspecified atom stereocenters. The maximum absolute atomic E-state index is 13.6. The molecule has 2 aromatic rings. The topological polar surface area (TPSA) is 50.4 Å². The van der Waals surface area contributed by atoms with Crippen LogP contribution in [0.1, 0.15) is 48.7 Å². The lowest BCUT2D eigenvalue weighted by Crippen LogP contribution is -2.39. The number of urea groups is 1. The van der Waals surface area contributed by atoms with E-state index in [0.29, 0.717) is 17.9 Å².